The van der Waals surface area contributed by atoms with Crippen LogP contribution >= 0.6 is 0 Å². The molecule has 4 heteroatoms. The molecule has 4 rings (SSSR count). The minimum Gasteiger partial charge on any atom is -0.478 e. The Balaban J connectivity index is 1.63. The molecule has 0 aliphatic rings. The summed E-state index contributed by atoms with van der Waals surface area (Å²) in [5, 5.41) is 11.3. The van der Waals surface area contributed by atoms with E-state index in [0.29, 0.717) is 11.5 Å². The van der Waals surface area contributed by atoms with Gasteiger partial charge in [-0.3, -0.25) is 4.99 Å². The molecule has 4 nitrogen and oxygen atoms in total. The Morgan fingerprint density at radius 1 is 1.00 bits per heavy atom. The van der Waals surface area contributed by atoms with Crippen LogP contribution in [0, 0.1) is 6.92 Å². The van der Waals surface area contributed by atoms with Gasteiger partial charge in [0, 0.05) is 10.9 Å². The van der Waals surface area contributed by atoms with Crippen molar-refractivity contribution in [2.24, 2.45) is 4.99 Å². The molecule has 0 bridgehead atoms. The van der Waals surface area contributed by atoms with Crippen molar-refractivity contribution in [1.29, 1.82) is 0 Å². The van der Waals surface area contributed by atoms with Gasteiger partial charge in [0.05, 0.1) is 17.5 Å². The molecule has 1 heterocycles. The molecule has 0 spiro atoms. The van der Waals surface area contributed by atoms with E-state index < -0.39 is 5.97 Å². The van der Waals surface area contributed by atoms with Gasteiger partial charge in [-0.25, -0.2) is 4.79 Å². The normalized spacial score (nSPS) is 11.3. The van der Waals surface area contributed by atoms with E-state index in [1.54, 1.807) is 24.4 Å². The van der Waals surface area contributed by atoms with Crippen LogP contribution in [0.1, 0.15) is 21.7 Å². The summed E-state index contributed by atoms with van der Waals surface area (Å²) < 4.78 is 5.89. The van der Waals surface area contributed by atoms with Crippen LogP contribution in [0.2, 0.25) is 0 Å². The molecule has 0 fully saturated rings. The highest BCUT2D eigenvalue weighted by molar-refractivity contribution is 5.95. The van der Waals surface area contributed by atoms with Crippen molar-refractivity contribution >= 4 is 28.6 Å². The lowest BCUT2D eigenvalue weighted by atomic mass is 10.0. The Hall–Kier alpha value is -3.66. The average Bonchev–Trinajstić information content (AvgIpc) is 3.15. The number of aliphatic imine (C=N–C) groups is 1. The number of carbonyl (C=O) groups is 1. The summed E-state index contributed by atoms with van der Waals surface area (Å²) in [4.78, 5) is 15.7. The fraction of sp³-hybridized carbons (Fsp3) is 0.0435. The monoisotopic (exact) mass is 355 g/mol. The molecule has 0 amide bonds. The number of nitrogens with zero attached hydrogens (tertiary/aromatic N) is 1. The van der Waals surface area contributed by atoms with Crippen molar-refractivity contribution in [3.63, 3.8) is 0 Å². The molecular formula is C23H17NO3. The molecule has 0 radical (unpaired) electrons. The Kier molecular flexibility index (Phi) is 4.30. The molecule has 0 unspecified atom stereocenters. The summed E-state index contributed by atoms with van der Waals surface area (Å²) in [6, 6.07) is 22.8. The maximum Gasteiger partial charge on any atom is 0.335 e. The highest BCUT2D eigenvalue weighted by Crippen LogP contribution is 2.28. The highest BCUT2D eigenvalue weighted by Gasteiger charge is 2.10. The third-order valence-electron chi connectivity index (χ3n) is 4.46. The molecule has 0 saturated carbocycles. The van der Waals surface area contributed by atoms with Crippen LogP contribution in [0.15, 0.2) is 82.2 Å². The molecule has 0 aliphatic heterocycles. The number of aryl methyl sites for hydroxylation is 1. The lowest BCUT2D eigenvalue weighted by molar-refractivity contribution is 0.0697. The van der Waals surface area contributed by atoms with Gasteiger partial charge in [-0.15, -0.1) is 0 Å². The highest BCUT2D eigenvalue weighted by atomic mass is 16.4. The van der Waals surface area contributed by atoms with Crippen LogP contribution in [0.25, 0.3) is 22.1 Å². The van der Waals surface area contributed by atoms with Crippen LogP contribution < -0.4 is 0 Å². The first-order chi connectivity index (χ1) is 13.1. The minimum atomic E-state index is -0.938. The smallest absolute Gasteiger partial charge is 0.335 e. The zero-order valence-electron chi connectivity index (χ0n) is 14.7. The van der Waals surface area contributed by atoms with E-state index in [1.807, 2.05) is 49.4 Å². The van der Waals surface area contributed by atoms with Gasteiger partial charge < -0.3 is 9.52 Å². The van der Waals surface area contributed by atoms with Crippen molar-refractivity contribution in [2.45, 2.75) is 6.92 Å². The maximum atomic E-state index is 11.1. The summed E-state index contributed by atoms with van der Waals surface area (Å²) in [5.41, 5.74) is 2.86. The molecule has 0 atom stereocenters. The molecular weight excluding hydrogens is 338 g/mol. The van der Waals surface area contributed by atoms with Gasteiger partial charge in [0.1, 0.15) is 11.5 Å². The fourth-order valence-electron chi connectivity index (χ4n) is 3.09. The number of rotatable bonds is 4. The van der Waals surface area contributed by atoms with Gasteiger partial charge in [0.25, 0.3) is 0 Å². The van der Waals surface area contributed by atoms with Crippen LogP contribution in [-0.2, 0) is 0 Å². The average molecular weight is 355 g/mol. The van der Waals surface area contributed by atoms with Crippen LogP contribution in [0.5, 0.6) is 0 Å². The topological polar surface area (TPSA) is 62.8 Å². The first-order valence-electron chi connectivity index (χ1n) is 8.58. The third kappa shape index (κ3) is 3.37. The second-order valence-electron chi connectivity index (χ2n) is 6.29. The number of aromatic carboxylic acids is 1. The molecule has 1 aromatic heterocycles. The second-order valence-corrected chi connectivity index (χ2v) is 6.29. The lowest BCUT2D eigenvalue weighted by Gasteiger charge is -2.04. The van der Waals surface area contributed by atoms with Crippen molar-refractivity contribution in [3.8, 4) is 11.3 Å². The SMILES string of the molecule is Cc1cc(C(=O)O)ccc1-c1ccc(C=Nc2cccc3ccccc23)o1. The van der Waals surface area contributed by atoms with Crippen molar-refractivity contribution in [2.75, 3.05) is 0 Å². The van der Waals surface area contributed by atoms with Crippen LogP contribution in [0.4, 0.5) is 5.69 Å². The van der Waals surface area contributed by atoms with Gasteiger partial charge in [-0.2, -0.15) is 0 Å². The molecule has 3 aromatic carbocycles. The number of benzene rings is 3. The number of hydrogen-bond donors (Lipinski definition) is 1. The Morgan fingerprint density at radius 2 is 1.81 bits per heavy atom. The minimum absolute atomic E-state index is 0.264. The van der Waals surface area contributed by atoms with Gasteiger partial charge >= 0.3 is 5.97 Å². The fourth-order valence-corrected chi connectivity index (χ4v) is 3.09. The molecule has 0 aliphatic carbocycles. The molecule has 27 heavy (non-hydrogen) atoms. The Labute approximate surface area is 156 Å². The molecule has 1 N–H and O–H groups in total. The third-order valence-corrected chi connectivity index (χ3v) is 4.46. The van der Waals surface area contributed by atoms with Gasteiger partial charge in [-0.1, -0.05) is 42.5 Å². The summed E-state index contributed by atoms with van der Waals surface area (Å²) >= 11 is 0. The Bertz CT molecular complexity index is 1170. The molecule has 0 saturated heterocycles. The summed E-state index contributed by atoms with van der Waals surface area (Å²) in [7, 11) is 0. The van der Waals surface area contributed by atoms with Crippen LogP contribution in [0.3, 0.4) is 0 Å². The first kappa shape index (κ1) is 16.8. The summed E-state index contributed by atoms with van der Waals surface area (Å²) in [6.45, 7) is 1.87. The standard InChI is InChI=1S/C23H17NO3/c1-15-13-17(23(25)26)9-11-19(15)22-12-10-18(27-22)14-24-21-8-4-6-16-5-2-3-7-20(16)21/h2-14H,1H3,(H,25,26). The number of furan rings is 1. The van der Waals surface area contributed by atoms with E-state index in [4.69, 9.17) is 9.52 Å². The van der Waals surface area contributed by atoms with E-state index in [1.165, 1.54) is 0 Å². The summed E-state index contributed by atoms with van der Waals surface area (Å²) in [6.07, 6.45) is 1.70. The van der Waals surface area contributed by atoms with E-state index in [2.05, 4.69) is 17.1 Å². The predicted molar refractivity (Wildman–Crippen MR) is 107 cm³/mol. The largest absolute Gasteiger partial charge is 0.478 e. The number of fused-ring (bicyclic) bond motifs is 1. The number of hydrogen-bond acceptors (Lipinski definition) is 3. The van der Waals surface area contributed by atoms with Crippen molar-refractivity contribution in [3.05, 3.63) is 89.7 Å². The number of carboxylic acid groups (broad SMARTS) is 1. The Morgan fingerprint density at radius 3 is 2.63 bits per heavy atom. The lowest BCUT2D eigenvalue weighted by Crippen LogP contribution is -1.96. The van der Waals surface area contributed by atoms with E-state index >= 15 is 0 Å². The second kappa shape index (κ2) is 6.92. The van der Waals surface area contributed by atoms with Gasteiger partial charge in [0.15, 0.2) is 0 Å². The zero-order valence-corrected chi connectivity index (χ0v) is 14.7. The van der Waals surface area contributed by atoms with E-state index in [9.17, 15) is 4.79 Å². The van der Waals surface area contributed by atoms with Gasteiger partial charge in [0.2, 0.25) is 0 Å². The summed E-state index contributed by atoms with van der Waals surface area (Å²) in [5.74, 6) is 0.385. The van der Waals surface area contributed by atoms with Gasteiger partial charge in [-0.05, 0) is 48.2 Å². The zero-order chi connectivity index (χ0) is 18.8. The van der Waals surface area contributed by atoms with Crippen LogP contribution in [-0.4, -0.2) is 17.3 Å². The predicted octanol–water partition coefficient (Wildman–Crippen LogP) is 5.86. The quantitative estimate of drug-likeness (QED) is 0.467. The molecule has 4 aromatic rings. The number of carboxylic acids is 1. The van der Waals surface area contributed by atoms with E-state index in [0.717, 1.165) is 27.6 Å². The van der Waals surface area contributed by atoms with E-state index in [-0.39, 0.29) is 5.56 Å². The first-order valence-corrected chi connectivity index (χ1v) is 8.58. The van der Waals surface area contributed by atoms with Crippen molar-refractivity contribution in [1.82, 2.24) is 0 Å². The maximum absolute atomic E-state index is 11.1. The van der Waals surface area contributed by atoms with Crippen molar-refractivity contribution < 1.29 is 14.3 Å². The molecule has 132 valence electrons.